The molecule has 0 aromatic heterocycles. The number of rotatable bonds is 3. The van der Waals surface area contributed by atoms with Gasteiger partial charge in [0.05, 0.1) is 18.6 Å². The maximum absolute atomic E-state index is 12.2. The van der Waals surface area contributed by atoms with Gasteiger partial charge in [0.1, 0.15) is 0 Å². The molecule has 0 aliphatic carbocycles. The zero-order valence-corrected chi connectivity index (χ0v) is 9.79. The van der Waals surface area contributed by atoms with Crippen LogP contribution in [0, 0.1) is 5.41 Å². The largest absolute Gasteiger partial charge is 0.379 e. The highest BCUT2D eigenvalue weighted by Crippen LogP contribution is 2.31. The smallest absolute Gasteiger partial charge is 0.174 e. The van der Waals surface area contributed by atoms with Crippen molar-refractivity contribution in [2.45, 2.75) is 0 Å². The summed E-state index contributed by atoms with van der Waals surface area (Å²) in [5, 5.41) is 0. The zero-order chi connectivity index (χ0) is 10.9. The van der Waals surface area contributed by atoms with Crippen LogP contribution in [-0.4, -0.2) is 25.5 Å². The Labute approximate surface area is 96.7 Å². The molecule has 0 bridgehead atoms. The average Bonchev–Trinajstić information content (AvgIpc) is 2.17. The van der Waals surface area contributed by atoms with Crippen LogP contribution in [0.25, 0.3) is 0 Å². The second kappa shape index (κ2) is 4.04. The fourth-order valence-electron chi connectivity index (χ4n) is 1.63. The van der Waals surface area contributed by atoms with E-state index in [0.717, 1.165) is 4.47 Å². The van der Waals surface area contributed by atoms with Crippen LogP contribution in [-0.2, 0) is 4.74 Å². The van der Waals surface area contributed by atoms with E-state index >= 15 is 0 Å². The van der Waals surface area contributed by atoms with E-state index in [1.165, 1.54) is 0 Å². The van der Waals surface area contributed by atoms with Crippen LogP contribution in [0.4, 0.5) is 0 Å². The number of carbonyl (C=O) groups excluding carboxylic acids is 1. The first-order valence-electron chi connectivity index (χ1n) is 4.76. The number of nitrogens with two attached hydrogens (primary N) is 1. The topological polar surface area (TPSA) is 52.3 Å². The molecule has 0 radical (unpaired) electrons. The van der Waals surface area contributed by atoms with Gasteiger partial charge in [-0.05, 0) is 12.1 Å². The molecule has 3 nitrogen and oxygen atoms in total. The lowest BCUT2D eigenvalue weighted by atomic mass is 9.78. The summed E-state index contributed by atoms with van der Waals surface area (Å²) in [4.78, 5) is 12.2. The minimum Gasteiger partial charge on any atom is -0.379 e. The molecule has 0 amide bonds. The van der Waals surface area contributed by atoms with Crippen molar-refractivity contribution in [2.24, 2.45) is 11.1 Å². The third-order valence-electron chi connectivity index (χ3n) is 2.72. The summed E-state index contributed by atoms with van der Waals surface area (Å²) in [5.41, 5.74) is 5.84. The summed E-state index contributed by atoms with van der Waals surface area (Å²) in [6.07, 6.45) is 0. The molecule has 0 saturated carbocycles. The van der Waals surface area contributed by atoms with E-state index in [1.807, 2.05) is 24.3 Å². The molecule has 1 aromatic carbocycles. The van der Waals surface area contributed by atoms with Gasteiger partial charge in [-0.1, -0.05) is 28.1 Å². The molecule has 1 aliphatic rings. The molecular formula is C11H12BrNO2. The molecule has 0 atom stereocenters. The number of halogens is 1. The van der Waals surface area contributed by atoms with E-state index in [2.05, 4.69) is 15.9 Å². The minimum atomic E-state index is -0.485. The first-order chi connectivity index (χ1) is 7.18. The quantitative estimate of drug-likeness (QED) is 0.849. The van der Waals surface area contributed by atoms with E-state index in [0.29, 0.717) is 25.3 Å². The van der Waals surface area contributed by atoms with Crippen LogP contribution in [0.1, 0.15) is 10.4 Å². The first kappa shape index (κ1) is 10.8. The Kier molecular flexibility index (Phi) is 2.91. The van der Waals surface area contributed by atoms with Crippen molar-refractivity contribution in [3.63, 3.8) is 0 Å². The van der Waals surface area contributed by atoms with Crippen molar-refractivity contribution in [3.05, 3.63) is 34.3 Å². The SMILES string of the molecule is NCC1(C(=O)c2cccc(Br)c2)COC1. The van der Waals surface area contributed by atoms with Crippen LogP contribution >= 0.6 is 15.9 Å². The average molecular weight is 270 g/mol. The normalized spacial score (nSPS) is 18.3. The lowest BCUT2D eigenvalue weighted by molar-refractivity contribution is -0.0816. The molecule has 1 aliphatic heterocycles. The van der Waals surface area contributed by atoms with Gasteiger partial charge in [-0.2, -0.15) is 0 Å². The van der Waals surface area contributed by atoms with Gasteiger partial charge in [0.15, 0.2) is 5.78 Å². The second-order valence-electron chi connectivity index (χ2n) is 3.82. The number of hydrogen-bond donors (Lipinski definition) is 1. The number of hydrogen-bond acceptors (Lipinski definition) is 3. The Morgan fingerprint density at radius 1 is 1.53 bits per heavy atom. The highest BCUT2D eigenvalue weighted by molar-refractivity contribution is 9.10. The molecule has 15 heavy (non-hydrogen) atoms. The summed E-state index contributed by atoms with van der Waals surface area (Å²) in [6, 6.07) is 7.37. The molecule has 1 aromatic rings. The number of Topliss-reactive ketones (excluding diaryl/α,β-unsaturated/α-hetero) is 1. The highest BCUT2D eigenvalue weighted by Gasteiger charge is 2.44. The summed E-state index contributed by atoms with van der Waals surface area (Å²) in [5.74, 6) is 0.0811. The van der Waals surface area contributed by atoms with Gasteiger partial charge in [-0.25, -0.2) is 0 Å². The molecule has 1 heterocycles. The Morgan fingerprint density at radius 3 is 2.73 bits per heavy atom. The molecule has 2 rings (SSSR count). The monoisotopic (exact) mass is 269 g/mol. The molecule has 0 unspecified atom stereocenters. The summed E-state index contributed by atoms with van der Waals surface area (Å²) in [6.45, 7) is 1.22. The van der Waals surface area contributed by atoms with Gasteiger partial charge >= 0.3 is 0 Å². The van der Waals surface area contributed by atoms with Crippen LogP contribution in [0.15, 0.2) is 28.7 Å². The fourth-order valence-corrected chi connectivity index (χ4v) is 2.03. The minimum absolute atomic E-state index is 0.0811. The third-order valence-corrected chi connectivity index (χ3v) is 3.21. The summed E-state index contributed by atoms with van der Waals surface area (Å²) >= 11 is 3.34. The van der Waals surface area contributed by atoms with Gasteiger partial charge in [-0.3, -0.25) is 4.79 Å². The molecule has 80 valence electrons. The van der Waals surface area contributed by atoms with Gasteiger partial charge in [0.2, 0.25) is 0 Å². The predicted molar refractivity (Wildman–Crippen MR) is 60.8 cm³/mol. The number of carbonyl (C=O) groups is 1. The van der Waals surface area contributed by atoms with E-state index in [4.69, 9.17) is 10.5 Å². The Hall–Kier alpha value is -0.710. The predicted octanol–water partition coefficient (Wildman–Crippen LogP) is 1.61. The number of ether oxygens (including phenoxy) is 1. The first-order valence-corrected chi connectivity index (χ1v) is 5.55. The zero-order valence-electron chi connectivity index (χ0n) is 8.20. The van der Waals surface area contributed by atoms with Gasteiger partial charge in [0.25, 0.3) is 0 Å². The molecule has 1 fully saturated rings. The van der Waals surface area contributed by atoms with Crippen molar-refractivity contribution in [2.75, 3.05) is 19.8 Å². The molecule has 1 saturated heterocycles. The summed E-state index contributed by atoms with van der Waals surface area (Å²) < 4.78 is 5.99. The third kappa shape index (κ3) is 1.85. The molecule has 2 N–H and O–H groups in total. The van der Waals surface area contributed by atoms with Crippen LogP contribution in [0.3, 0.4) is 0 Å². The van der Waals surface area contributed by atoms with E-state index in [9.17, 15) is 4.79 Å². The number of benzene rings is 1. The maximum atomic E-state index is 12.2. The van der Waals surface area contributed by atoms with E-state index in [1.54, 1.807) is 0 Å². The highest BCUT2D eigenvalue weighted by atomic mass is 79.9. The lowest BCUT2D eigenvalue weighted by Gasteiger charge is -2.38. The standard InChI is InChI=1S/C11H12BrNO2/c12-9-3-1-2-8(4-9)10(14)11(5-13)6-15-7-11/h1-4H,5-7,13H2. The van der Waals surface area contributed by atoms with Crippen molar-refractivity contribution in [1.82, 2.24) is 0 Å². The van der Waals surface area contributed by atoms with Crippen molar-refractivity contribution < 1.29 is 9.53 Å². The van der Waals surface area contributed by atoms with E-state index in [-0.39, 0.29) is 5.78 Å². The van der Waals surface area contributed by atoms with Crippen LogP contribution < -0.4 is 5.73 Å². The number of ketones is 1. The van der Waals surface area contributed by atoms with Crippen molar-refractivity contribution in [3.8, 4) is 0 Å². The van der Waals surface area contributed by atoms with Crippen LogP contribution in [0.5, 0.6) is 0 Å². The van der Waals surface area contributed by atoms with Gasteiger partial charge < -0.3 is 10.5 Å². The van der Waals surface area contributed by atoms with Crippen molar-refractivity contribution >= 4 is 21.7 Å². The molecule has 4 heteroatoms. The Bertz CT molecular complexity index is 382. The maximum Gasteiger partial charge on any atom is 0.174 e. The van der Waals surface area contributed by atoms with Gasteiger partial charge in [-0.15, -0.1) is 0 Å². The van der Waals surface area contributed by atoms with Crippen LogP contribution in [0.2, 0.25) is 0 Å². The van der Waals surface area contributed by atoms with E-state index < -0.39 is 5.41 Å². The summed E-state index contributed by atoms with van der Waals surface area (Å²) in [7, 11) is 0. The fraction of sp³-hybridized carbons (Fsp3) is 0.364. The molecule has 0 spiro atoms. The Balaban J connectivity index is 2.27. The lowest BCUT2D eigenvalue weighted by Crippen LogP contribution is -2.54. The van der Waals surface area contributed by atoms with Crippen molar-refractivity contribution in [1.29, 1.82) is 0 Å². The Morgan fingerprint density at radius 2 is 2.27 bits per heavy atom. The van der Waals surface area contributed by atoms with Gasteiger partial charge in [0, 0.05) is 16.6 Å². The second-order valence-corrected chi connectivity index (χ2v) is 4.73. The molecular weight excluding hydrogens is 258 g/mol.